The summed E-state index contributed by atoms with van der Waals surface area (Å²) in [7, 11) is 0. The van der Waals surface area contributed by atoms with Crippen LogP contribution in [0.4, 0.5) is 4.79 Å². The van der Waals surface area contributed by atoms with Crippen LogP contribution in [0.5, 0.6) is 0 Å². The monoisotopic (exact) mass is 415 g/mol. The highest BCUT2D eigenvalue weighted by molar-refractivity contribution is 5.94. The van der Waals surface area contributed by atoms with Crippen LogP contribution in [0, 0.1) is 0 Å². The summed E-state index contributed by atoms with van der Waals surface area (Å²) in [5.41, 5.74) is 3.85. The van der Waals surface area contributed by atoms with Crippen LogP contribution in [0.15, 0.2) is 84.9 Å². The number of hydrogen-bond donors (Lipinski definition) is 3. The van der Waals surface area contributed by atoms with Crippen LogP contribution in [-0.2, 0) is 6.54 Å². The first-order chi connectivity index (χ1) is 15.0. The van der Waals surface area contributed by atoms with E-state index in [4.69, 9.17) is 0 Å². The fourth-order valence-electron chi connectivity index (χ4n) is 3.37. The SMILES string of the molecule is CC(C)NC(=O)NCc1ccc(C(=O)NCC(c2ccccc2)c2ccccc2)cc1. The lowest BCUT2D eigenvalue weighted by Gasteiger charge is -2.19. The molecule has 160 valence electrons. The lowest BCUT2D eigenvalue weighted by atomic mass is 9.91. The fraction of sp³-hybridized carbons (Fsp3) is 0.231. The first-order valence-corrected chi connectivity index (χ1v) is 10.5. The molecule has 3 N–H and O–H groups in total. The van der Waals surface area contributed by atoms with E-state index in [1.54, 1.807) is 12.1 Å². The third kappa shape index (κ3) is 6.71. The largest absolute Gasteiger partial charge is 0.351 e. The molecule has 0 aliphatic heterocycles. The second-order valence-corrected chi connectivity index (χ2v) is 7.76. The molecule has 0 spiro atoms. The van der Waals surface area contributed by atoms with Crippen LogP contribution in [0.25, 0.3) is 0 Å². The average Bonchev–Trinajstić information content (AvgIpc) is 2.79. The van der Waals surface area contributed by atoms with Crippen LogP contribution in [0.2, 0.25) is 0 Å². The third-order valence-electron chi connectivity index (χ3n) is 4.96. The Morgan fingerprint density at radius 2 is 1.29 bits per heavy atom. The zero-order chi connectivity index (χ0) is 22.1. The molecule has 0 aromatic heterocycles. The summed E-state index contributed by atoms with van der Waals surface area (Å²) in [6.07, 6.45) is 0. The minimum Gasteiger partial charge on any atom is -0.351 e. The highest BCUT2D eigenvalue weighted by atomic mass is 16.2. The van der Waals surface area contributed by atoms with Crippen molar-refractivity contribution in [2.24, 2.45) is 0 Å². The van der Waals surface area contributed by atoms with Gasteiger partial charge in [-0.3, -0.25) is 4.79 Å². The van der Waals surface area contributed by atoms with E-state index in [1.807, 2.05) is 62.4 Å². The second-order valence-electron chi connectivity index (χ2n) is 7.76. The highest BCUT2D eigenvalue weighted by Gasteiger charge is 2.15. The second kappa shape index (κ2) is 11.0. The van der Waals surface area contributed by atoms with Gasteiger partial charge in [-0.15, -0.1) is 0 Å². The molecule has 3 aromatic rings. The van der Waals surface area contributed by atoms with Crippen LogP contribution in [0.1, 0.15) is 46.8 Å². The van der Waals surface area contributed by atoms with Crippen molar-refractivity contribution >= 4 is 11.9 Å². The molecule has 3 aromatic carbocycles. The van der Waals surface area contributed by atoms with Crippen molar-refractivity contribution < 1.29 is 9.59 Å². The van der Waals surface area contributed by atoms with E-state index in [0.29, 0.717) is 18.7 Å². The van der Waals surface area contributed by atoms with Gasteiger partial charge in [-0.1, -0.05) is 72.8 Å². The van der Waals surface area contributed by atoms with E-state index in [-0.39, 0.29) is 23.9 Å². The van der Waals surface area contributed by atoms with Crippen LogP contribution < -0.4 is 16.0 Å². The molecule has 0 aliphatic carbocycles. The van der Waals surface area contributed by atoms with Crippen LogP contribution in [0.3, 0.4) is 0 Å². The summed E-state index contributed by atoms with van der Waals surface area (Å²) in [6, 6.07) is 27.5. The predicted molar refractivity (Wildman–Crippen MR) is 124 cm³/mol. The number of urea groups is 1. The number of hydrogen-bond acceptors (Lipinski definition) is 2. The number of carbonyl (C=O) groups is 2. The average molecular weight is 416 g/mol. The van der Waals surface area contributed by atoms with E-state index >= 15 is 0 Å². The molecular formula is C26H29N3O2. The normalized spacial score (nSPS) is 10.7. The zero-order valence-corrected chi connectivity index (χ0v) is 18.0. The Morgan fingerprint density at radius 3 is 1.81 bits per heavy atom. The van der Waals surface area contributed by atoms with Crippen molar-refractivity contribution in [3.63, 3.8) is 0 Å². The molecule has 0 radical (unpaired) electrons. The Morgan fingerprint density at radius 1 is 0.742 bits per heavy atom. The number of benzene rings is 3. The van der Waals surface area contributed by atoms with Gasteiger partial charge >= 0.3 is 6.03 Å². The summed E-state index contributed by atoms with van der Waals surface area (Å²) < 4.78 is 0. The number of carbonyl (C=O) groups excluding carboxylic acids is 2. The highest BCUT2D eigenvalue weighted by Crippen LogP contribution is 2.23. The van der Waals surface area contributed by atoms with Gasteiger partial charge < -0.3 is 16.0 Å². The lowest BCUT2D eigenvalue weighted by Crippen LogP contribution is -2.39. The molecule has 5 nitrogen and oxygen atoms in total. The molecule has 31 heavy (non-hydrogen) atoms. The molecule has 0 saturated carbocycles. The standard InChI is InChI=1S/C26H29N3O2/c1-19(2)29-26(31)28-17-20-13-15-23(16-14-20)25(30)27-18-24(21-9-5-3-6-10-21)22-11-7-4-8-12-22/h3-16,19,24H,17-18H2,1-2H3,(H,27,30)(H2,28,29,31). The van der Waals surface area contributed by atoms with Gasteiger partial charge in [0.25, 0.3) is 5.91 Å². The summed E-state index contributed by atoms with van der Waals surface area (Å²) in [4.78, 5) is 24.4. The lowest BCUT2D eigenvalue weighted by molar-refractivity contribution is 0.0952. The van der Waals surface area contributed by atoms with Crippen molar-refractivity contribution in [3.05, 3.63) is 107 Å². The quantitative estimate of drug-likeness (QED) is 0.508. The molecule has 0 heterocycles. The summed E-state index contributed by atoms with van der Waals surface area (Å²) in [5, 5.41) is 8.66. The maximum absolute atomic E-state index is 12.7. The van der Waals surface area contributed by atoms with Crippen molar-refractivity contribution in [2.75, 3.05) is 6.54 Å². The molecule has 0 bridgehead atoms. The first-order valence-electron chi connectivity index (χ1n) is 10.5. The van der Waals surface area contributed by atoms with Gasteiger partial charge in [-0.25, -0.2) is 4.79 Å². The van der Waals surface area contributed by atoms with Crippen LogP contribution >= 0.6 is 0 Å². The Labute approximate surface area is 183 Å². The Kier molecular flexibility index (Phi) is 7.82. The minimum atomic E-state index is -0.204. The molecule has 0 aliphatic rings. The smallest absolute Gasteiger partial charge is 0.315 e. The molecule has 0 atom stereocenters. The number of rotatable bonds is 8. The van der Waals surface area contributed by atoms with Crippen molar-refractivity contribution in [1.82, 2.24) is 16.0 Å². The molecule has 0 saturated heterocycles. The van der Waals surface area contributed by atoms with E-state index in [9.17, 15) is 9.59 Å². The van der Waals surface area contributed by atoms with E-state index in [2.05, 4.69) is 40.2 Å². The van der Waals surface area contributed by atoms with Crippen molar-refractivity contribution in [2.45, 2.75) is 32.4 Å². The van der Waals surface area contributed by atoms with E-state index < -0.39 is 0 Å². The maximum Gasteiger partial charge on any atom is 0.315 e. The summed E-state index contributed by atoms with van der Waals surface area (Å²) in [5.74, 6) is -0.0387. The summed E-state index contributed by atoms with van der Waals surface area (Å²) in [6.45, 7) is 4.73. The first kappa shape index (κ1) is 22.1. The van der Waals surface area contributed by atoms with Gasteiger partial charge in [-0.2, -0.15) is 0 Å². The Bertz CT molecular complexity index is 931. The van der Waals surface area contributed by atoms with Gasteiger partial charge in [-0.05, 0) is 42.7 Å². The summed E-state index contributed by atoms with van der Waals surface area (Å²) >= 11 is 0. The maximum atomic E-state index is 12.7. The molecule has 0 fully saturated rings. The van der Waals surface area contributed by atoms with Crippen molar-refractivity contribution in [3.8, 4) is 0 Å². The van der Waals surface area contributed by atoms with E-state index in [1.165, 1.54) is 0 Å². The molecule has 3 amide bonds. The van der Waals surface area contributed by atoms with Gasteiger partial charge in [0.2, 0.25) is 0 Å². The number of nitrogens with one attached hydrogen (secondary N) is 3. The molecule has 3 rings (SSSR count). The zero-order valence-electron chi connectivity index (χ0n) is 18.0. The van der Waals surface area contributed by atoms with E-state index in [0.717, 1.165) is 16.7 Å². The van der Waals surface area contributed by atoms with Crippen LogP contribution in [-0.4, -0.2) is 24.5 Å². The minimum absolute atomic E-state index is 0.0780. The Hall–Kier alpha value is -3.60. The Balaban J connectivity index is 1.60. The number of amides is 3. The van der Waals surface area contributed by atoms with Gasteiger partial charge in [0.1, 0.15) is 0 Å². The molecule has 5 heteroatoms. The van der Waals surface area contributed by atoms with Gasteiger partial charge in [0.15, 0.2) is 0 Å². The molecular weight excluding hydrogens is 386 g/mol. The van der Waals surface area contributed by atoms with Gasteiger partial charge in [0, 0.05) is 30.6 Å². The topological polar surface area (TPSA) is 70.2 Å². The molecule has 0 unspecified atom stereocenters. The predicted octanol–water partition coefficient (Wildman–Crippen LogP) is 4.46. The fourth-order valence-corrected chi connectivity index (χ4v) is 3.37. The third-order valence-corrected chi connectivity index (χ3v) is 4.96. The van der Waals surface area contributed by atoms with Crippen molar-refractivity contribution in [1.29, 1.82) is 0 Å². The van der Waals surface area contributed by atoms with Gasteiger partial charge in [0.05, 0.1) is 0 Å².